The smallest absolute Gasteiger partial charge is 0.0619 e. The van der Waals surface area contributed by atoms with Gasteiger partial charge in [-0.2, -0.15) is 0 Å². The van der Waals surface area contributed by atoms with Crippen molar-refractivity contribution in [2.75, 3.05) is 0 Å². The fraction of sp³-hybridized carbons (Fsp3) is 0.125. The first-order chi connectivity index (χ1) is 16.8. The number of allylic oxidation sites excluding steroid dienone is 2. The Morgan fingerprint density at radius 1 is 0.706 bits per heavy atom. The molecule has 1 N–H and O–H groups in total. The number of benzene rings is 4. The molecule has 34 heavy (non-hydrogen) atoms. The van der Waals surface area contributed by atoms with Crippen LogP contribution in [0.15, 0.2) is 103 Å². The lowest BCUT2D eigenvalue weighted by Gasteiger charge is -2.22. The minimum atomic E-state index is 0.329. The third-order valence-corrected chi connectivity index (χ3v) is 7.26. The second-order valence-corrected chi connectivity index (χ2v) is 9.38. The van der Waals surface area contributed by atoms with Crippen molar-refractivity contribution >= 4 is 44.6 Å². The van der Waals surface area contributed by atoms with E-state index in [4.69, 9.17) is 0 Å². The number of hydrogen-bond donors (Lipinski definition) is 1. The van der Waals surface area contributed by atoms with Crippen molar-refractivity contribution in [2.45, 2.75) is 24.9 Å². The molecule has 4 aromatic carbocycles. The second-order valence-electron chi connectivity index (χ2n) is 9.38. The molecule has 2 nitrogen and oxygen atoms in total. The first-order valence-corrected chi connectivity index (χ1v) is 12.2. The van der Waals surface area contributed by atoms with Crippen molar-refractivity contribution in [1.82, 2.24) is 9.88 Å². The number of aromatic nitrogens is 1. The van der Waals surface area contributed by atoms with Crippen LogP contribution in [0.1, 0.15) is 12.8 Å². The third-order valence-electron chi connectivity index (χ3n) is 7.26. The number of fused-ring (bicyclic) bond motifs is 6. The van der Waals surface area contributed by atoms with Crippen LogP contribution in [0.2, 0.25) is 0 Å². The minimum absolute atomic E-state index is 0.329. The molecule has 2 unspecified atom stereocenters. The van der Waals surface area contributed by atoms with Gasteiger partial charge in [0, 0.05) is 39.1 Å². The molecule has 2 aliphatic rings. The summed E-state index contributed by atoms with van der Waals surface area (Å²) in [5.74, 6) is 0. The molecule has 2 aliphatic carbocycles. The number of rotatable bonds is 3. The highest BCUT2D eigenvalue weighted by atomic mass is 15.0. The Morgan fingerprint density at radius 3 is 2.41 bits per heavy atom. The van der Waals surface area contributed by atoms with Gasteiger partial charge in [-0.25, -0.2) is 0 Å². The summed E-state index contributed by atoms with van der Waals surface area (Å²) in [6.45, 7) is 0. The largest absolute Gasteiger partial charge is 0.309 e. The molecule has 7 rings (SSSR count). The molecule has 164 valence electrons. The SMILES string of the molecule is C1=CCC(NC2C=c3c(n(-c4ccc5ccccc5c4)c4c3ccc3ccccc34)=CC2)C=C1. The van der Waals surface area contributed by atoms with Gasteiger partial charge in [0.25, 0.3) is 0 Å². The zero-order chi connectivity index (χ0) is 22.5. The summed E-state index contributed by atoms with van der Waals surface area (Å²) in [7, 11) is 0. The van der Waals surface area contributed by atoms with Gasteiger partial charge in [0.05, 0.1) is 5.52 Å². The molecule has 1 aromatic heterocycles. The molecule has 2 atom stereocenters. The van der Waals surface area contributed by atoms with E-state index in [2.05, 4.69) is 125 Å². The average Bonchev–Trinajstić information content (AvgIpc) is 3.23. The van der Waals surface area contributed by atoms with Crippen LogP contribution in [0.4, 0.5) is 0 Å². The Bertz CT molecular complexity index is 1750. The summed E-state index contributed by atoms with van der Waals surface area (Å²) in [5.41, 5.74) is 2.52. The van der Waals surface area contributed by atoms with Gasteiger partial charge in [-0.1, -0.05) is 103 Å². The van der Waals surface area contributed by atoms with E-state index in [0.29, 0.717) is 12.1 Å². The molecule has 0 aliphatic heterocycles. The summed E-state index contributed by atoms with van der Waals surface area (Å²) in [6.07, 6.45) is 15.7. The molecule has 0 saturated heterocycles. The van der Waals surface area contributed by atoms with Crippen molar-refractivity contribution in [1.29, 1.82) is 0 Å². The van der Waals surface area contributed by atoms with E-state index < -0.39 is 0 Å². The Labute approximate surface area is 198 Å². The normalized spacial score (nSPS) is 19.3. The number of hydrogen-bond acceptors (Lipinski definition) is 1. The Kier molecular flexibility index (Phi) is 4.53. The van der Waals surface area contributed by atoms with Crippen LogP contribution < -0.4 is 15.9 Å². The number of nitrogens with one attached hydrogen (secondary N) is 1. The lowest BCUT2D eigenvalue weighted by atomic mass is 10.0. The molecule has 0 saturated carbocycles. The van der Waals surface area contributed by atoms with Crippen molar-refractivity contribution in [3.63, 3.8) is 0 Å². The van der Waals surface area contributed by atoms with Gasteiger partial charge < -0.3 is 9.88 Å². The van der Waals surface area contributed by atoms with Crippen LogP contribution in [0, 0.1) is 0 Å². The molecular formula is C32H26N2. The van der Waals surface area contributed by atoms with Crippen molar-refractivity contribution < 1.29 is 0 Å². The fourth-order valence-electron chi connectivity index (χ4n) is 5.66. The first-order valence-electron chi connectivity index (χ1n) is 12.2. The van der Waals surface area contributed by atoms with Gasteiger partial charge in [-0.15, -0.1) is 0 Å². The molecule has 0 spiro atoms. The van der Waals surface area contributed by atoms with Gasteiger partial charge in [0.2, 0.25) is 0 Å². The quantitative estimate of drug-likeness (QED) is 0.380. The van der Waals surface area contributed by atoms with Crippen LogP contribution in [0.3, 0.4) is 0 Å². The Balaban J connectivity index is 1.49. The predicted molar refractivity (Wildman–Crippen MR) is 145 cm³/mol. The molecule has 0 amide bonds. The molecule has 5 aromatic rings. The highest BCUT2D eigenvalue weighted by Gasteiger charge is 2.19. The van der Waals surface area contributed by atoms with E-state index in [9.17, 15) is 0 Å². The zero-order valence-corrected chi connectivity index (χ0v) is 19.0. The minimum Gasteiger partial charge on any atom is -0.309 e. The van der Waals surface area contributed by atoms with E-state index in [1.165, 1.54) is 48.7 Å². The Morgan fingerprint density at radius 2 is 1.53 bits per heavy atom. The summed E-state index contributed by atoms with van der Waals surface area (Å²) in [4.78, 5) is 0. The maximum atomic E-state index is 3.84. The van der Waals surface area contributed by atoms with Crippen LogP contribution in [-0.4, -0.2) is 16.7 Å². The zero-order valence-electron chi connectivity index (χ0n) is 19.0. The van der Waals surface area contributed by atoms with Crippen LogP contribution >= 0.6 is 0 Å². The first kappa shape index (κ1) is 19.6. The number of nitrogens with zero attached hydrogens (tertiary/aromatic N) is 1. The lowest BCUT2D eigenvalue weighted by Crippen LogP contribution is -2.42. The predicted octanol–water partition coefficient (Wildman–Crippen LogP) is 5.74. The molecule has 1 heterocycles. The van der Waals surface area contributed by atoms with Crippen LogP contribution in [0.25, 0.3) is 50.3 Å². The fourth-order valence-corrected chi connectivity index (χ4v) is 5.66. The highest BCUT2D eigenvalue weighted by Crippen LogP contribution is 2.27. The van der Waals surface area contributed by atoms with Crippen LogP contribution in [0.5, 0.6) is 0 Å². The Hall–Kier alpha value is -3.88. The van der Waals surface area contributed by atoms with E-state index in [1.54, 1.807) is 0 Å². The second kappa shape index (κ2) is 7.86. The monoisotopic (exact) mass is 438 g/mol. The van der Waals surface area contributed by atoms with Gasteiger partial charge in [-0.05, 0) is 41.1 Å². The summed E-state index contributed by atoms with van der Waals surface area (Å²) in [5, 5.41) is 12.9. The van der Waals surface area contributed by atoms with E-state index in [0.717, 1.165) is 12.8 Å². The lowest BCUT2D eigenvalue weighted by molar-refractivity contribution is 0.551. The van der Waals surface area contributed by atoms with Crippen molar-refractivity contribution in [3.8, 4) is 5.69 Å². The maximum Gasteiger partial charge on any atom is 0.0619 e. The maximum absolute atomic E-state index is 3.84. The van der Waals surface area contributed by atoms with Gasteiger partial charge >= 0.3 is 0 Å². The van der Waals surface area contributed by atoms with E-state index in [1.807, 2.05) is 0 Å². The van der Waals surface area contributed by atoms with Crippen molar-refractivity contribution in [3.05, 3.63) is 114 Å². The average molecular weight is 439 g/mol. The van der Waals surface area contributed by atoms with Crippen LogP contribution in [-0.2, 0) is 0 Å². The van der Waals surface area contributed by atoms with E-state index in [-0.39, 0.29) is 0 Å². The molecule has 0 fully saturated rings. The molecule has 0 radical (unpaired) electrons. The van der Waals surface area contributed by atoms with Crippen molar-refractivity contribution in [2.24, 2.45) is 0 Å². The summed E-state index contributed by atoms with van der Waals surface area (Å²) < 4.78 is 2.48. The summed E-state index contributed by atoms with van der Waals surface area (Å²) in [6, 6.07) is 29.5. The highest BCUT2D eigenvalue weighted by molar-refractivity contribution is 6.07. The molecule has 2 heteroatoms. The topological polar surface area (TPSA) is 17.0 Å². The standard InChI is InChI=1S/C32H26N2/c1-2-11-25(12-3-1)33-26-16-19-31-30(21-26)29-18-15-23-9-6-7-13-28(23)32(29)34(31)27-17-14-22-8-4-5-10-24(22)20-27/h1-11,13-15,17-21,25-26,33H,12,16H2. The molecular weight excluding hydrogens is 412 g/mol. The summed E-state index contributed by atoms with van der Waals surface area (Å²) >= 11 is 0. The van der Waals surface area contributed by atoms with Gasteiger partial charge in [-0.3, -0.25) is 0 Å². The van der Waals surface area contributed by atoms with Gasteiger partial charge in [0.15, 0.2) is 0 Å². The molecule has 0 bridgehead atoms. The van der Waals surface area contributed by atoms with E-state index >= 15 is 0 Å². The van der Waals surface area contributed by atoms with Gasteiger partial charge in [0.1, 0.15) is 0 Å². The third kappa shape index (κ3) is 3.14.